The molecule has 0 radical (unpaired) electrons. The van der Waals surface area contributed by atoms with Crippen molar-refractivity contribution < 1.29 is 124 Å². The van der Waals surface area contributed by atoms with E-state index in [0.29, 0.717) is 0 Å². The lowest BCUT2D eigenvalue weighted by atomic mass is 9.84. The number of halogens is 27. The first kappa shape index (κ1) is 39.1. The molecule has 0 saturated heterocycles. The number of aliphatic hydroxyl groups is 1. The molecular formula is C13HF27O. The molecule has 0 aliphatic rings. The van der Waals surface area contributed by atoms with Crippen molar-refractivity contribution in [2.45, 2.75) is 77.4 Å². The third-order valence-corrected chi connectivity index (χ3v) is 4.70. The van der Waals surface area contributed by atoms with E-state index in [1.807, 2.05) is 0 Å². The summed E-state index contributed by atoms with van der Waals surface area (Å²) in [5.41, 5.74) is 0. The van der Waals surface area contributed by atoms with E-state index in [2.05, 4.69) is 0 Å². The molecule has 1 nitrogen and oxygen atoms in total. The van der Waals surface area contributed by atoms with Crippen molar-refractivity contribution in [2.75, 3.05) is 0 Å². The van der Waals surface area contributed by atoms with Crippen LogP contribution < -0.4 is 0 Å². The first-order chi connectivity index (χ1) is 17.0. The average Bonchev–Trinajstić information content (AvgIpc) is 2.70. The molecule has 0 amide bonds. The third kappa shape index (κ3) is 4.40. The number of rotatable bonds is 10. The molecule has 0 rings (SSSR count). The molecule has 41 heavy (non-hydrogen) atoms. The van der Waals surface area contributed by atoms with Gasteiger partial charge in [-0.15, -0.1) is 0 Å². The standard InChI is InChI=1S/C13HF27O/c14-1(15,2(16,17)4(20,21)6(24,25)8(28,29)10(32,33)12(35,36)37)3(18,19)5(22,23)7(26,27)9(30,31)11(34,41)13(38,39)40/h41H. The molecule has 1 atom stereocenters. The highest BCUT2D eigenvalue weighted by Crippen LogP contribution is 2.68. The predicted molar refractivity (Wildman–Crippen MR) is 67.6 cm³/mol. The first-order valence-corrected chi connectivity index (χ1v) is 8.33. The first-order valence-electron chi connectivity index (χ1n) is 8.33. The van der Waals surface area contributed by atoms with Gasteiger partial charge in [0.25, 0.3) is 0 Å². The lowest BCUT2D eigenvalue weighted by Gasteiger charge is -2.45. The van der Waals surface area contributed by atoms with E-state index in [4.69, 9.17) is 5.11 Å². The second kappa shape index (κ2) is 9.04. The maximum absolute atomic E-state index is 13.5. The Bertz CT molecular complexity index is 885. The fourth-order valence-electron chi connectivity index (χ4n) is 2.14. The van der Waals surface area contributed by atoms with Crippen molar-refractivity contribution in [1.82, 2.24) is 0 Å². The maximum atomic E-state index is 13.5. The Balaban J connectivity index is 7.41. The van der Waals surface area contributed by atoms with Crippen LogP contribution in [0.5, 0.6) is 0 Å². The van der Waals surface area contributed by atoms with Crippen LogP contribution in [0.2, 0.25) is 0 Å². The normalized spacial score (nSPS) is 18.4. The van der Waals surface area contributed by atoms with Crippen LogP contribution in [0, 0.1) is 0 Å². The van der Waals surface area contributed by atoms with Crippen molar-refractivity contribution >= 4 is 0 Å². The van der Waals surface area contributed by atoms with Crippen LogP contribution in [0.1, 0.15) is 0 Å². The van der Waals surface area contributed by atoms with Gasteiger partial charge in [-0.25, -0.2) is 0 Å². The highest BCUT2D eigenvalue weighted by Gasteiger charge is 3.00. The highest BCUT2D eigenvalue weighted by atomic mass is 19.4. The summed E-state index contributed by atoms with van der Waals surface area (Å²) in [7, 11) is 0. The van der Waals surface area contributed by atoms with Gasteiger partial charge in [-0.3, -0.25) is 0 Å². The largest absolute Gasteiger partial charge is 0.460 e. The zero-order valence-electron chi connectivity index (χ0n) is 17.2. The summed E-state index contributed by atoms with van der Waals surface area (Å²) >= 11 is 0. The third-order valence-electron chi connectivity index (χ3n) is 4.70. The van der Waals surface area contributed by atoms with Gasteiger partial charge in [-0.05, 0) is 0 Å². The van der Waals surface area contributed by atoms with Gasteiger partial charge in [0.05, 0.1) is 0 Å². The van der Waals surface area contributed by atoms with Gasteiger partial charge in [-0.2, -0.15) is 119 Å². The minimum Gasteiger partial charge on any atom is -0.350 e. The van der Waals surface area contributed by atoms with E-state index in [9.17, 15) is 119 Å². The molecule has 0 saturated carbocycles. The highest BCUT2D eigenvalue weighted by molar-refractivity contribution is 5.20. The summed E-state index contributed by atoms with van der Waals surface area (Å²) in [4.78, 5) is 0. The van der Waals surface area contributed by atoms with Crippen LogP contribution in [-0.4, -0.2) is 82.5 Å². The van der Waals surface area contributed by atoms with Gasteiger partial charge in [0.2, 0.25) is 0 Å². The Morgan fingerprint density at radius 2 is 0.341 bits per heavy atom. The molecule has 28 heteroatoms. The molecule has 0 spiro atoms. The summed E-state index contributed by atoms with van der Waals surface area (Å²) in [6.07, 6.45) is -16.3. The lowest BCUT2D eigenvalue weighted by molar-refractivity contribution is -0.491. The lowest BCUT2D eigenvalue weighted by Crippen LogP contribution is -2.79. The van der Waals surface area contributed by atoms with Crippen LogP contribution in [0.4, 0.5) is 119 Å². The number of hydrogen-bond acceptors (Lipinski definition) is 1. The van der Waals surface area contributed by atoms with Crippen LogP contribution in [0.3, 0.4) is 0 Å². The van der Waals surface area contributed by atoms with E-state index >= 15 is 0 Å². The van der Waals surface area contributed by atoms with Gasteiger partial charge in [0.1, 0.15) is 0 Å². The molecule has 0 heterocycles. The smallest absolute Gasteiger partial charge is 0.350 e. The molecule has 1 N–H and O–H groups in total. The molecule has 0 bridgehead atoms. The summed E-state index contributed by atoms with van der Waals surface area (Å²) in [5, 5.41) is 7.77. The second-order valence-electron chi connectivity index (χ2n) is 7.36. The van der Waals surface area contributed by atoms with Crippen molar-refractivity contribution in [3.63, 3.8) is 0 Å². The second-order valence-corrected chi connectivity index (χ2v) is 7.36. The van der Waals surface area contributed by atoms with Crippen LogP contribution in [0.25, 0.3) is 0 Å². The van der Waals surface area contributed by atoms with E-state index in [1.54, 1.807) is 0 Å². The molecular weight excluding hydrogens is 685 g/mol. The summed E-state index contributed by atoms with van der Waals surface area (Å²) in [5.74, 6) is -103. The Morgan fingerprint density at radius 1 is 0.195 bits per heavy atom. The SMILES string of the molecule is OC(F)(C(F)(F)F)C(F)(F)C(F)(F)C(F)(F)C(F)(F)C(F)(F)C(F)(F)C(F)(F)C(F)(F)C(F)(F)C(F)(F)C(F)(F)F. The quantitative estimate of drug-likeness (QED) is 0.231. The van der Waals surface area contributed by atoms with Gasteiger partial charge < -0.3 is 5.11 Å². The fourth-order valence-corrected chi connectivity index (χ4v) is 2.14. The van der Waals surface area contributed by atoms with E-state index in [-0.39, 0.29) is 0 Å². The van der Waals surface area contributed by atoms with Gasteiger partial charge in [0.15, 0.2) is 0 Å². The Hall–Kier alpha value is -1.93. The molecule has 1 unspecified atom stereocenters. The monoisotopic (exact) mass is 686 g/mol. The topological polar surface area (TPSA) is 20.2 Å². The molecule has 0 aromatic heterocycles. The molecule has 0 aliphatic heterocycles. The van der Waals surface area contributed by atoms with Crippen molar-refractivity contribution in [3.8, 4) is 0 Å². The zero-order valence-corrected chi connectivity index (χ0v) is 17.2. The van der Waals surface area contributed by atoms with Crippen LogP contribution in [0.15, 0.2) is 0 Å². The zero-order chi connectivity index (χ0) is 34.5. The summed E-state index contributed by atoms with van der Waals surface area (Å²) in [6, 6.07) is 0. The van der Waals surface area contributed by atoms with Crippen molar-refractivity contribution in [1.29, 1.82) is 0 Å². The van der Waals surface area contributed by atoms with Crippen molar-refractivity contribution in [3.05, 3.63) is 0 Å². The predicted octanol–water partition coefficient (Wildman–Crippen LogP) is 8.12. The molecule has 0 aliphatic carbocycles. The molecule has 248 valence electrons. The van der Waals surface area contributed by atoms with E-state index in [1.165, 1.54) is 0 Å². The van der Waals surface area contributed by atoms with Crippen molar-refractivity contribution in [2.24, 2.45) is 0 Å². The van der Waals surface area contributed by atoms with E-state index < -0.39 is 77.4 Å². The minimum absolute atomic E-state index is 7.77. The maximum Gasteiger partial charge on any atom is 0.460 e. The fraction of sp³-hybridized carbons (Fsp3) is 1.00. The molecule has 0 aromatic rings. The Morgan fingerprint density at radius 3 is 0.488 bits per heavy atom. The Labute approximate surface area is 202 Å². The summed E-state index contributed by atoms with van der Waals surface area (Å²) in [6.45, 7) is 0. The Kier molecular flexibility index (Phi) is 8.62. The van der Waals surface area contributed by atoms with Gasteiger partial charge in [-0.1, -0.05) is 0 Å². The minimum atomic E-state index is -9.79. The van der Waals surface area contributed by atoms with Gasteiger partial charge in [0, 0.05) is 0 Å². The van der Waals surface area contributed by atoms with Gasteiger partial charge >= 0.3 is 77.4 Å². The molecule has 0 fully saturated rings. The summed E-state index contributed by atoms with van der Waals surface area (Å²) < 4.78 is 349. The van der Waals surface area contributed by atoms with Crippen LogP contribution >= 0.6 is 0 Å². The average molecular weight is 686 g/mol. The van der Waals surface area contributed by atoms with E-state index in [0.717, 1.165) is 0 Å². The van der Waals surface area contributed by atoms with Crippen LogP contribution in [-0.2, 0) is 0 Å². The molecule has 0 aromatic carbocycles. The number of hydrogen-bond donors (Lipinski definition) is 1. The number of alkyl halides is 27.